The third-order valence-corrected chi connectivity index (χ3v) is 6.36. The van der Waals surface area contributed by atoms with E-state index in [4.69, 9.17) is 9.72 Å². The Hall–Kier alpha value is -2.78. The number of imidazole rings is 1. The first kappa shape index (κ1) is 21.5. The average molecular weight is 438 g/mol. The highest BCUT2D eigenvalue weighted by Gasteiger charge is 2.42. The monoisotopic (exact) mass is 438 g/mol. The number of halogens is 3. The van der Waals surface area contributed by atoms with Crippen LogP contribution in [0.4, 0.5) is 18.0 Å². The summed E-state index contributed by atoms with van der Waals surface area (Å²) in [5.41, 5.74) is 3.64. The molecular weight excluding hydrogens is 413 g/mol. The van der Waals surface area contributed by atoms with E-state index in [0.717, 1.165) is 45.7 Å². The molecule has 1 saturated heterocycles. The van der Waals surface area contributed by atoms with Crippen molar-refractivity contribution in [2.75, 3.05) is 33.3 Å². The molecule has 3 heterocycles. The largest absolute Gasteiger partial charge is 0.471 e. The maximum Gasteiger partial charge on any atom is 0.471 e. The van der Waals surface area contributed by atoms with Gasteiger partial charge in [0.2, 0.25) is 0 Å². The Bertz CT molecular complexity index is 1010. The van der Waals surface area contributed by atoms with E-state index in [9.17, 15) is 22.8 Å². The van der Waals surface area contributed by atoms with Gasteiger partial charge in [0.1, 0.15) is 5.82 Å². The molecule has 2 aromatic rings. The number of hydrogen-bond donors (Lipinski definition) is 0. The first-order valence-corrected chi connectivity index (χ1v) is 10.4. The Kier molecular flexibility index (Phi) is 5.57. The predicted molar refractivity (Wildman–Crippen MR) is 107 cm³/mol. The number of amides is 2. The van der Waals surface area contributed by atoms with Crippen LogP contribution in [0, 0.1) is 0 Å². The zero-order valence-corrected chi connectivity index (χ0v) is 17.5. The van der Waals surface area contributed by atoms with Gasteiger partial charge in [0.25, 0.3) is 0 Å². The second-order valence-electron chi connectivity index (χ2n) is 8.16. The van der Waals surface area contributed by atoms with Crippen LogP contribution in [0.15, 0.2) is 12.1 Å². The number of alkyl halides is 3. The Morgan fingerprint density at radius 1 is 1.03 bits per heavy atom. The van der Waals surface area contributed by atoms with Crippen LogP contribution in [0.25, 0.3) is 11.0 Å². The fraction of sp³-hybridized carbons (Fsp3) is 0.571. The van der Waals surface area contributed by atoms with E-state index in [1.165, 1.54) is 7.11 Å². The minimum absolute atomic E-state index is 0.0442. The van der Waals surface area contributed by atoms with Gasteiger partial charge in [-0.1, -0.05) is 0 Å². The minimum Gasteiger partial charge on any atom is -0.453 e. The Morgan fingerprint density at radius 2 is 1.65 bits per heavy atom. The second-order valence-corrected chi connectivity index (χ2v) is 8.16. The summed E-state index contributed by atoms with van der Waals surface area (Å²) in [6.07, 6.45) is -2.82. The second kappa shape index (κ2) is 8.05. The lowest BCUT2D eigenvalue weighted by molar-refractivity contribution is -0.185. The standard InChI is InChI=1S/C21H25F3N4O3/c1-26-17-12-15-6-8-27(19(29)21(22,23)24)7-5-14(15)11-16(17)25-18(26)13-3-9-28(10-4-13)20(30)31-2/h11-13H,3-10H2,1-2H3. The summed E-state index contributed by atoms with van der Waals surface area (Å²) in [6, 6.07) is 3.94. The molecule has 2 amide bonds. The van der Waals surface area contributed by atoms with Gasteiger partial charge in [-0.2, -0.15) is 13.2 Å². The number of ether oxygens (including phenoxy) is 1. The lowest BCUT2D eigenvalue weighted by atomic mass is 9.96. The number of carbonyl (C=O) groups excluding carboxylic acids is 2. The minimum atomic E-state index is -4.85. The van der Waals surface area contributed by atoms with Gasteiger partial charge >= 0.3 is 18.2 Å². The number of nitrogens with zero attached hydrogens (tertiary/aromatic N) is 4. The quantitative estimate of drug-likeness (QED) is 0.687. The van der Waals surface area contributed by atoms with Crippen molar-refractivity contribution in [1.82, 2.24) is 19.4 Å². The van der Waals surface area contributed by atoms with Gasteiger partial charge in [-0.05, 0) is 48.9 Å². The van der Waals surface area contributed by atoms with Crippen molar-refractivity contribution in [3.8, 4) is 0 Å². The molecule has 31 heavy (non-hydrogen) atoms. The summed E-state index contributed by atoms with van der Waals surface area (Å²) in [7, 11) is 3.32. The summed E-state index contributed by atoms with van der Waals surface area (Å²) in [4.78, 5) is 30.7. The van der Waals surface area contributed by atoms with Crippen molar-refractivity contribution in [3.05, 3.63) is 29.1 Å². The van der Waals surface area contributed by atoms with Gasteiger partial charge in [0.05, 0.1) is 18.1 Å². The number of fused-ring (bicyclic) bond motifs is 2. The van der Waals surface area contributed by atoms with Gasteiger partial charge in [0, 0.05) is 39.1 Å². The third kappa shape index (κ3) is 4.07. The molecule has 1 aromatic carbocycles. The molecule has 2 aliphatic heterocycles. The number of carbonyl (C=O) groups is 2. The Morgan fingerprint density at radius 3 is 2.23 bits per heavy atom. The third-order valence-electron chi connectivity index (χ3n) is 6.36. The zero-order valence-electron chi connectivity index (χ0n) is 17.5. The highest BCUT2D eigenvalue weighted by atomic mass is 19.4. The number of benzene rings is 1. The number of aromatic nitrogens is 2. The van der Waals surface area contributed by atoms with E-state index in [-0.39, 0.29) is 25.1 Å². The summed E-state index contributed by atoms with van der Waals surface area (Å²) < 4.78 is 45.2. The van der Waals surface area contributed by atoms with Crippen molar-refractivity contribution in [1.29, 1.82) is 0 Å². The van der Waals surface area contributed by atoms with Gasteiger partial charge in [-0.3, -0.25) is 4.79 Å². The van der Waals surface area contributed by atoms with E-state index in [0.29, 0.717) is 25.9 Å². The Balaban J connectivity index is 1.54. The van der Waals surface area contributed by atoms with Gasteiger partial charge in [0.15, 0.2) is 0 Å². The topological polar surface area (TPSA) is 67.7 Å². The molecule has 10 heteroatoms. The van der Waals surface area contributed by atoms with Crippen LogP contribution in [-0.2, 0) is 29.4 Å². The zero-order chi connectivity index (χ0) is 22.3. The molecule has 0 unspecified atom stereocenters. The van der Waals surface area contributed by atoms with Crippen LogP contribution in [0.1, 0.15) is 35.7 Å². The molecule has 168 valence electrons. The number of hydrogen-bond acceptors (Lipinski definition) is 4. The van der Waals surface area contributed by atoms with E-state index in [1.807, 2.05) is 23.7 Å². The van der Waals surface area contributed by atoms with Crippen molar-refractivity contribution >= 4 is 23.0 Å². The molecule has 0 atom stereocenters. The van der Waals surface area contributed by atoms with Crippen LogP contribution in [0.2, 0.25) is 0 Å². The van der Waals surface area contributed by atoms with E-state index in [1.54, 1.807) is 4.90 Å². The molecule has 0 N–H and O–H groups in total. The molecule has 1 fully saturated rings. The fourth-order valence-electron chi connectivity index (χ4n) is 4.63. The number of rotatable bonds is 1. The molecule has 4 rings (SSSR count). The first-order chi connectivity index (χ1) is 14.7. The summed E-state index contributed by atoms with van der Waals surface area (Å²) in [6.45, 7) is 1.32. The number of piperidine rings is 1. The number of methoxy groups -OCH3 is 1. The molecule has 1 aromatic heterocycles. The fourth-order valence-corrected chi connectivity index (χ4v) is 4.63. The van der Waals surface area contributed by atoms with Crippen molar-refractivity contribution in [2.45, 2.75) is 37.8 Å². The summed E-state index contributed by atoms with van der Waals surface area (Å²) in [5, 5.41) is 0. The molecule has 0 saturated carbocycles. The highest BCUT2D eigenvalue weighted by Crippen LogP contribution is 2.32. The SMILES string of the molecule is COC(=O)N1CCC(c2nc3cc4c(cc3n2C)CCN(C(=O)C(F)(F)F)CC4)CC1. The molecular formula is C21H25F3N4O3. The maximum atomic E-state index is 12.8. The van der Waals surface area contributed by atoms with Crippen LogP contribution in [-0.4, -0.2) is 70.8 Å². The molecule has 0 bridgehead atoms. The molecule has 0 spiro atoms. The highest BCUT2D eigenvalue weighted by molar-refractivity contribution is 5.82. The molecule has 0 radical (unpaired) electrons. The average Bonchev–Trinajstić information content (AvgIpc) is 2.93. The van der Waals surface area contributed by atoms with Crippen LogP contribution >= 0.6 is 0 Å². The summed E-state index contributed by atoms with van der Waals surface area (Å²) >= 11 is 0. The number of likely N-dealkylation sites (tertiary alicyclic amines) is 1. The molecule has 2 aliphatic rings. The normalized spacial score (nSPS) is 18.1. The Labute approximate surface area is 177 Å². The maximum absolute atomic E-state index is 12.8. The number of aryl methyl sites for hydroxylation is 1. The molecule has 0 aliphatic carbocycles. The lowest BCUT2D eigenvalue weighted by Gasteiger charge is -2.30. The lowest BCUT2D eigenvalue weighted by Crippen LogP contribution is -2.42. The van der Waals surface area contributed by atoms with Crippen LogP contribution < -0.4 is 0 Å². The van der Waals surface area contributed by atoms with E-state index in [2.05, 4.69) is 0 Å². The summed E-state index contributed by atoms with van der Waals surface area (Å²) in [5.74, 6) is -0.602. The molecule has 7 nitrogen and oxygen atoms in total. The van der Waals surface area contributed by atoms with E-state index < -0.39 is 12.1 Å². The first-order valence-electron chi connectivity index (χ1n) is 10.4. The van der Waals surface area contributed by atoms with Crippen molar-refractivity contribution in [2.24, 2.45) is 7.05 Å². The van der Waals surface area contributed by atoms with Crippen molar-refractivity contribution in [3.63, 3.8) is 0 Å². The predicted octanol–water partition coefficient (Wildman–Crippen LogP) is 3.01. The van der Waals surface area contributed by atoms with Crippen molar-refractivity contribution < 1.29 is 27.5 Å². The van der Waals surface area contributed by atoms with Gasteiger partial charge in [-0.15, -0.1) is 0 Å². The van der Waals surface area contributed by atoms with Crippen LogP contribution in [0.3, 0.4) is 0 Å². The van der Waals surface area contributed by atoms with Gasteiger partial charge in [-0.25, -0.2) is 9.78 Å². The van der Waals surface area contributed by atoms with Gasteiger partial charge < -0.3 is 19.1 Å². The van der Waals surface area contributed by atoms with E-state index >= 15 is 0 Å². The smallest absolute Gasteiger partial charge is 0.453 e. The van der Waals surface area contributed by atoms with Crippen LogP contribution in [0.5, 0.6) is 0 Å².